The maximum absolute atomic E-state index is 12.3. The highest BCUT2D eigenvalue weighted by Crippen LogP contribution is 2.29. The number of nitrogens with zero attached hydrogens (tertiary/aromatic N) is 1. The summed E-state index contributed by atoms with van der Waals surface area (Å²) in [6, 6.07) is 1.14. The highest BCUT2D eigenvalue weighted by molar-refractivity contribution is 9.10. The topological polar surface area (TPSA) is 76.8 Å². The van der Waals surface area contributed by atoms with E-state index in [9.17, 15) is 13.2 Å². The molecule has 0 saturated carbocycles. The lowest BCUT2D eigenvalue weighted by Crippen LogP contribution is -2.40. The Morgan fingerprint density at radius 1 is 1.52 bits per heavy atom. The van der Waals surface area contributed by atoms with Crippen molar-refractivity contribution in [1.82, 2.24) is 4.90 Å². The normalized spacial score (nSPS) is 17.2. The van der Waals surface area contributed by atoms with Crippen molar-refractivity contribution in [2.24, 2.45) is 0 Å². The Morgan fingerprint density at radius 2 is 2.14 bits per heavy atom. The standard InChI is InChI=1S/C12H15BrClNO5S/c1-2-19-8-3-5-15(6-4-8)12(16)9-7-10(11(13)20-9)21(14,17)18/h7-8H,2-6H2,1H3. The van der Waals surface area contributed by atoms with E-state index < -0.39 is 9.05 Å². The summed E-state index contributed by atoms with van der Waals surface area (Å²) in [4.78, 5) is 13.7. The zero-order chi connectivity index (χ0) is 15.6. The number of rotatable bonds is 4. The van der Waals surface area contributed by atoms with Crippen LogP contribution >= 0.6 is 26.6 Å². The molecule has 0 atom stereocenters. The van der Waals surface area contributed by atoms with Crippen LogP contribution in [-0.2, 0) is 13.8 Å². The van der Waals surface area contributed by atoms with Crippen molar-refractivity contribution in [3.63, 3.8) is 0 Å². The van der Waals surface area contributed by atoms with Gasteiger partial charge in [0.1, 0.15) is 4.90 Å². The van der Waals surface area contributed by atoms with Gasteiger partial charge in [-0.25, -0.2) is 8.42 Å². The van der Waals surface area contributed by atoms with Gasteiger partial charge in [-0.2, -0.15) is 0 Å². The first-order valence-corrected chi connectivity index (χ1v) is 9.58. The molecule has 0 aliphatic carbocycles. The highest BCUT2D eigenvalue weighted by atomic mass is 79.9. The fraction of sp³-hybridized carbons (Fsp3) is 0.583. The summed E-state index contributed by atoms with van der Waals surface area (Å²) in [7, 11) is 1.31. The fourth-order valence-corrected chi connectivity index (χ4v) is 4.27. The Morgan fingerprint density at radius 3 is 2.62 bits per heavy atom. The number of carbonyl (C=O) groups is 1. The van der Waals surface area contributed by atoms with Crippen LogP contribution in [0.5, 0.6) is 0 Å². The molecule has 6 nitrogen and oxygen atoms in total. The molecule has 1 amide bonds. The molecule has 1 aromatic rings. The number of likely N-dealkylation sites (tertiary alicyclic amines) is 1. The van der Waals surface area contributed by atoms with Gasteiger partial charge in [0.15, 0.2) is 10.4 Å². The van der Waals surface area contributed by atoms with Crippen LogP contribution in [0.3, 0.4) is 0 Å². The van der Waals surface area contributed by atoms with Gasteiger partial charge in [-0.05, 0) is 35.7 Å². The van der Waals surface area contributed by atoms with Crippen molar-refractivity contribution in [2.75, 3.05) is 19.7 Å². The van der Waals surface area contributed by atoms with Crippen LogP contribution in [0.15, 0.2) is 20.0 Å². The molecule has 1 aromatic heterocycles. The van der Waals surface area contributed by atoms with Gasteiger partial charge in [0.25, 0.3) is 15.0 Å². The SMILES string of the molecule is CCOC1CCN(C(=O)c2cc(S(=O)(=O)Cl)c(Br)o2)CC1. The maximum atomic E-state index is 12.3. The Kier molecular flexibility index (Phi) is 5.34. The number of hydrogen-bond acceptors (Lipinski definition) is 5. The van der Waals surface area contributed by atoms with Gasteiger partial charge >= 0.3 is 0 Å². The quantitative estimate of drug-likeness (QED) is 0.726. The molecule has 1 saturated heterocycles. The molecular weight excluding hydrogens is 386 g/mol. The Balaban J connectivity index is 2.08. The average Bonchev–Trinajstić information content (AvgIpc) is 2.81. The van der Waals surface area contributed by atoms with E-state index in [1.54, 1.807) is 4.90 Å². The third-order valence-electron chi connectivity index (χ3n) is 3.26. The molecule has 2 rings (SSSR count). The summed E-state index contributed by atoms with van der Waals surface area (Å²) in [5.74, 6) is -0.395. The zero-order valence-electron chi connectivity index (χ0n) is 11.3. The predicted octanol–water partition coefficient (Wildman–Crippen LogP) is 2.61. The smallest absolute Gasteiger partial charge is 0.289 e. The van der Waals surface area contributed by atoms with Gasteiger partial charge < -0.3 is 14.1 Å². The molecule has 2 heterocycles. The minimum Gasteiger partial charge on any atom is -0.443 e. The summed E-state index contributed by atoms with van der Waals surface area (Å²) in [5.41, 5.74) is 0. The Bertz CT molecular complexity index is 622. The monoisotopic (exact) mass is 399 g/mol. The van der Waals surface area contributed by atoms with Crippen LogP contribution in [0.1, 0.15) is 30.3 Å². The summed E-state index contributed by atoms with van der Waals surface area (Å²) in [6.07, 6.45) is 1.67. The first-order valence-electron chi connectivity index (χ1n) is 6.47. The van der Waals surface area contributed by atoms with Crippen molar-refractivity contribution < 1.29 is 22.4 Å². The molecule has 0 spiro atoms. The average molecular weight is 401 g/mol. The van der Waals surface area contributed by atoms with E-state index in [4.69, 9.17) is 19.8 Å². The van der Waals surface area contributed by atoms with Gasteiger partial charge in [0.2, 0.25) is 0 Å². The van der Waals surface area contributed by atoms with Crippen LogP contribution in [0.25, 0.3) is 0 Å². The van der Waals surface area contributed by atoms with Crippen molar-refractivity contribution in [2.45, 2.75) is 30.8 Å². The molecule has 118 valence electrons. The zero-order valence-corrected chi connectivity index (χ0v) is 14.5. The van der Waals surface area contributed by atoms with E-state index in [2.05, 4.69) is 15.9 Å². The van der Waals surface area contributed by atoms with E-state index in [1.165, 1.54) is 0 Å². The second-order valence-corrected chi connectivity index (χ2v) is 7.89. The highest BCUT2D eigenvalue weighted by Gasteiger charge is 2.28. The van der Waals surface area contributed by atoms with E-state index in [0.29, 0.717) is 19.7 Å². The van der Waals surface area contributed by atoms with Crippen LogP contribution in [0, 0.1) is 0 Å². The Labute approximate surface area is 135 Å². The first-order chi connectivity index (χ1) is 9.82. The molecule has 1 aliphatic rings. The van der Waals surface area contributed by atoms with Crippen molar-refractivity contribution >= 4 is 41.6 Å². The van der Waals surface area contributed by atoms with Crippen LogP contribution in [0.2, 0.25) is 0 Å². The van der Waals surface area contributed by atoms with Crippen molar-refractivity contribution in [3.8, 4) is 0 Å². The van der Waals surface area contributed by atoms with Crippen LogP contribution in [0.4, 0.5) is 0 Å². The third kappa shape index (κ3) is 4.00. The lowest BCUT2D eigenvalue weighted by molar-refractivity contribution is 0.0136. The summed E-state index contributed by atoms with van der Waals surface area (Å²) in [5, 5.41) is 0. The number of hydrogen-bond donors (Lipinski definition) is 0. The van der Waals surface area contributed by atoms with Gasteiger partial charge in [0.05, 0.1) is 6.10 Å². The molecule has 0 N–H and O–H groups in total. The lowest BCUT2D eigenvalue weighted by atomic mass is 10.1. The van der Waals surface area contributed by atoms with E-state index in [-0.39, 0.29) is 27.3 Å². The summed E-state index contributed by atoms with van der Waals surface area (Å²) in [6.45, 7) is 3.68. The largest absolute Gasteiger partial charge is 0.443 e. The van der Waals surface area contributed by atoms with E-state index in [1.807, 2.05) is 6.92 Å². The van der Waals surface area contributed by atoms with Crippen LogP contribution < -0.4 is 0 Å². The summed E-state index contributed by atoms with van der Waals surface area (Å²) < 4.78 is 33.2. The minimum absolute atomic E-state index is 0.0454. The number of piperidine rings is 1. The number of carbonyl (C=O) groups excluding carboxylic acids is 1. The van der Waals surface area contributed by atoms with E-state index >= 15 is 0 Å². The van der Waals surface area contributed by atoms with E-state index in [0.717, 1.165) is 18.9 Å². The molecular formula is C12H15BrClNO5S. The second kappa shape index (κ2) is 6.68. The molecule has 0 aromatic carbocycles. The number of ether oxygens (including phenoxy) is 1. The fourth-order valence-electron chi connectivity index (χ4n) is 2.24. The van der Waals surface area contributed by atoms with Crippen LogP contribution in [-0.4, -0.2) is 45.0 Å². The van der Waals surface area contributed by atoms with Gasteiger partial charge in [-0.3, -0.25) is 4.79 Å². The molecule has 0 radical (unpaired) electrons. The van der Waals surface area contributed by atoms with Gasteiger partial charge in [-0.1, -0.05) is 0 Å². The maximum Gasteiger partial charge on any atom is 0.289 e. The molecule has 9 heteroatoms. The third-order valence-corrected chi connectivity index (χ3v) is 5.44. The summed E-state index contributed by atoms with van der Waals surface area (Å²) >= 11 is 2.95. The second-order valence-electron chi connectivity index (χ2n) is 4.63. The van der Waals surface area contributed by atoms with Crippen molar-refractivity contribution in [1.29, 1.82) is 0 Å². The lowest BCUT2D eigenvalue weighted by Gasteiger charge is -2.31. The number of furan rings is 1. The molecule has 0 bridgehead atoms. The van der Waals surface area contributed by atoms with Gasteiger partial charge in [-0.15, -0.1) is 0 Å². The predicted molar refractivity (Wildman–Crippen MR) is 80.0 cm³/mol. The minimum atomic E-state index is -3.95. The number of amides is 1. The van der Waals surface area contributed by atoms with Gasteiger partial charge in [0, 0.05) is 36.4 Å². The molecule has 1 fully saturated rings. The molecule has 1 aliphatic heterocycles. The number of halogens is 2. The first kappa shape index (κ1) is 16.8. The van der Waals surface area contributed by atoms with Crippen molar-refractivity contribution in [3.05, 3.63) is 16.5 Å². The molecule has 21 heavy (non-hydrogen) atoms. The molecule has 0 unspecified atom stereocenters. The Hall–Kier alpha value is -0.570.